The minimum absolute atomic E-state index is 0.101. The first kappa shape index (κ1) is 15.7. The van der Waals surface area contributed by atoms with Crippen molar-refractivity contribution in [1.82, 2.24) is 10.2 Å². The van der Waals surface area contributed by atoms with Crippen molar-refractivity contribution < 1.29 is 9.90 Å². The van der Waals surface area contributed by atoms with Crippen molar-refractivity contribution in [3.63, 3.8) is 0 Å². The summed E-state index contributed by atoms with van der Waals surface area (Å²) < 4.78 is 0.234. The summed E-state index contributed by atoms with van der Waals surface area (Å²) in [6.07, 6.45) is 0. The topological polar surface area (TPSA) is 78.4 Å². The zero-order chi connectivity index (χ0) is 15.2. The quantitative estimate of drug-likeness (QED) is 0.851. The lowest BCUT2D eigenvalue weighted by Crippen LogP contribution is -2.26. The number of anilines is 2. The number of hydrogen-bond acceptors (Lipinski definition) is 6. The van der Waals surface area contributed by atoms with Crippen LogP contribution in [0.3, 0.4) is 0 Å². The second-order valence-corrected chi connectivity index (χ2v) is 5.72. The lowest BCUT2D eigenvalue weighted by Gasteiger charge is -2.22. The van der Waals surface area contributed by atoms with Crippen molar-refractivity contribution in [1.29, 1.82) is 0 Å². The van der Waals surface area contributed by atoms with Crippen LogP contribution in [0.5, 0.6) is 0 Å². The first-order valence-electron chi connectivity index (χ1n) is 6.40. The van der Waals surface area contributed by atoms with Crippen LogP contribution in [0.1, 0.15) is 16.7 Å². The van der Waals surface area contributed by atoms with Crippen LogP contribution in [0.25, 0.3) is 0 Å². The normalized spacial score (nSPS) is 10.4. The van der Waals surface area contributed by atoms with Crippen LogP contribution >= 0.6 is 22.9 Å². The molecule has 1 aromatic heterocycles. The van der Waals surface area contributed by atoms with Crippen LogP contribution in [0.2, 0.25) is 4.47 Å². The summed E-state index contributed by atoms with van der Waals surface area (Å²) in [7, 11) is 0. The number of nitrogens with one attached hydrogen (secondary N) is 1. The fraction of sp³-hybridized carbons (Fsp3) is 0.308. The molecule has 0 saturated heterocycles. The van der Waals surface area contributed by atoms with Gasteiger partial charge in [0.05, 0.1) is 6.61 Å². The lowest BCUT2D eigenvalue weighted by atomic mass is 10.2. The molecule has 8 heteroatoms. The fourth-order valence-electron chi connectivity index (χ4n) is 1.83. The Kier molecular flexibility index (Phi) is 5.49. The van der Waals surface area contributed by atoms with Crippen LogP contribution in [0, 0.1) is 0 Å². The van der Waals surface area contributed by atoms with E-state index >= 15 is 0 Å². The van der Waals surface area contributed by atoms with Crippen molar-refractivity contribution in [3.8, 4) is 0 Å². The Hall–Kier alpha value is -1.70. The zero-order valence-electron chi connectivity index (χ0n) is 11.4. The summed E-state index contributed by atoms with van der Waals surface area (Å²) in [5, 5.41) is 19.2. The minimum Gasteiger partial charge on any atom is -0.395 e. The fourth-order valence-corrected chi connectivity index (χ4v) is 2.55. The number of rotatable bonds is 6. The average molecular weight is 327 g/mol. The maximum Gasteiger partial charge on any atom is 0.286 e. The highest BCUT2D eigenvalue weighted by Gasteiger charge is 2.12. The second kappa shape index (κ2) is 7.35. The van der Waals surface area contributed by atoms with E-state index < -0.39 is 0 Å². The van der Waals surface area contributed by atoms with Gasteiger partial charge in [0.25, 0.3) is 5.91 Å². The Labute approximate surface area is 131 Å². The molecule has 0 saturated carbocycles. The number of aliphatic hydroxyl groups excluding tert-OH is 1. The smallest absolute Gasteiger partial charge is 0.286 e. The lowest BCUT2D eigenvalue weighted by molar-refractivity contribution is 0.102. The molecular formula is C13H15ClN4O2S. The maximum absolute atomic E-state index is 11.9. The van der Waals surface area contributed by atoms with Gasteiger partial charge in [0.2, 0.25) is 9.47 Å². The van der Waals surface area contributed by atoms with Gasteiger partial charge in [-0.15, -0.1) is 10.2 Å². The predicted octanol–water partition coefficient (Wildman–Crippen LogP) is 2.26. The van der Waals surface area contributed by atoms with Gasteiger partial charge >= 0.3 is 0 Å². The molecule has 112 valence electrons. The van der Waals surface area contributed by atoms with E-state index in [4.69, 9.17) is 16.7 Å². The zero-order valence-corrected chi connectivity index (χ0v) is 13.0. The third kappa shape index (κ3) is 4.13. The Morgan fingerprint density at radius 1 is 1.38 bits per heavy atom. The number of aliphatic hydroxyl groups is 1. The van der Waals surface area contributed by atoms with Crippen LogP contribution < -0.4 is 10.2 Å². The number of carbonyl (C=O) groups is 1. The molecule has 2 N–H and O–H groups in total. The van der Waals surface area contributed by atoms with Crippen molar-refractivity contribution in [2.45, 2.75) is 6.92 Å². The Morgan fingerprint density at radius 2 is 2.10 bits per heavy atom. The van der Waals surface area contributed by atoms with Gasteiger partial charge < -0.3 is 15.3 Å². The van der Waals surface area contributed by atoms with Crippen molar-refractivity contribution >= 4 is 40.2 Å². The van der Waals surface area contributed by atoms with E-state index in [2.05, 4.69) is 15.5 Å². The van der Waals surface area contributed by atoms with Crippen LogP contribution in [-0.4, -0.2) is 40.9 Å². The molecule has 2 rings (SSSR count). The highest BCUT2D eigenvalue weighted by Crippen LogP contribution is 2.20. The third-order valence-corrected chi connectivity index (χ3v) is 3.85. The number of carbonyl (C=O) groups excluding carboxylic acids is 1. The van der Waals surface area contributed by atoms with E-state index in [1.807, 2.05) is 24.0 Å². The highest BCUT2D eigenvalue weighted by molar-refractivity contribution is 7.17. The van der Waals surface area contributed by atoms with Gasteiger partial charge in [-0.1, -0.05) is 11.3 Å². The van der Waals surface area contributed by atoms with Gasteiger partial charge in [0.15, 0.2) is 0 Å². The Bertz CT molecular complexity index is 602. The molecule has 0 aliphatic heterocycles. The van der Waals surface area contributed by atoms with E-state index in [-0.39, 0.29) is 22.0 Å². The van der Waals surface area contributed by atoms with Crippen molar-refractivity contribution in [2.24, 2.45) is 0 Å². The Morgan fingerprint density at radius 3 is 2.62 bits per heavy atom. The highest BCUT2D eigenvalue weighted by atomic mass is 35.5. The van der Waals surface area contributed by atoms with Gasteiger partial charge in [0.1, 0.15) is 0 Å². The third-order valence-electron chi connectivity index (χ3n) is 2.84. The summed E-state index contributed by atoms with van der Waals surface area (Å²) in [6, 6.07) is 7.38. The summed E-state index contributed by atoms with van der Waals surface area (Å²) in [4.78, 5) is 13.9. The number of aromatic nitrogens is 2. The first-order chi connectivity index (χ1) is 10.1. The molecular weight excluding hydrogens is 312 g/mol. The first-order valence-corrected chi connectivity index (χ1v) is 7.59. The van der Waals surface area contributed by atoms with Crippen molar-refractivity contribution in [3.05, 3.63) is 33.7 Å². The maximum atomic E-state index is 11.9. The van der Waals surface area contributed by atoms with Gasteiger partial charge in [-0.05, 0) is 42.8 Å². The summed E-state index contributed by atoms with van der Waals surface area (Å²) in [5.74, 6) is -0.338. The molecule has 1 aromatic carbocycles. The number of amides is 1. The summed E-state index contributed by atoms with van der Waals surface area (Å²) >= 11 is 6.68. The number of benzene rings is 1. The Balaban J connectivity index is 2.03. The SMILES string of the molecule is CCN(CCO)c1ccc(NC(=O)c2nnc(Cl)s2)cc1. The minimum atomic E-state index is -0.338. The molecule has 2 aromatic rings. The van der Waals surface area contributed by atoms with E-state index in [1.54, 1.807) is 12.1 Å². The summed E-state index contributed by atoms with van der Waals surface area (Å²) in [5.41, 5.74) is 1.65. The largest absolute Gasteiger partial charge is 0.395 e. The van der Waals surface area contributed by atoms with Gasteiger partial charge in [-0.3, -0.25) is 4.79 Å². The predicted molar refractivity (Wildman–Crippen MR) is 84.3 cm³/mol. The van der Waals surface area contributed by atoms with Gasteiger partial charge in [-0.25, -0.2) is 0 Å². The number of nitrogens with zero attached hydrogens (tertiary/aromatic N) is 3. The van der Waals surface area contributed by atoms with E-state index in [1.165, 1.54) is 0 Å². The van der Waals surface area contributed by atoms with E-state index in [0.29, 0.717) is 12.2 Å². The van der Waals surface area contributed by atoms with Crippen LogP contribution in [0.15, 0.2) is 24.3 Å². The molecule has 0 fully saturated rings. The van der Waals surface area contributed by atoms with Crippen LogP contribution in [-0.2, 0) is 0 Å². The molecule has 0 atom stereocenters. The average Bonchev–Trinajstić information content (AvgIpc) is 2.92. The molecule has 21 heavy (non-hydrogen) atoms. The molecule has 1 amide bonds. The van der Waals surface area contributed by atoms with Crippen molar-refractivity contribution in [2.75, 3.05) is 29.9 Å². The molecule has 0 aliphatic carbocycles. The van der Waals surface area contributed by atoms with Crippen LogP contribution in [0.4, 0.5) is 11.4 Å². The molecule has 0 spiro atoms. The second-order valence-electron chi connectivity index (χ2n) is 4.16. The number of likely N-dealkylation sites (N-methyl/N-ethyl adjacent to an activating group) is 1. The standard InChI is InChI=1S/C13H15ClN4O2S/c1-2-18(7-8-19)10-5-3-9(4-6-10)15-11(20)12-16-17-13(14)21-12/h3-6,19H,2,7-8H2,1H3,(H,15,20). The summed E-state index contributed by atoms with van der Waals surface area (Å²) in [6.45, 7) is 3.50. The van der Waals surface area contributed by atoms with Gasteiger partial charge in [-0.2, -0.15) is 0 Å². The van der Waals surface area contributed by atoms with Gasteiger partial charge in [0, 0.05) is 24.5 Å². The molecule has 6 nitrogen and oxygen atoms in total. The molecule has 0 bridgehead atoms. The molecule has 1 heterocycles. The molecule has 0 unspecified atom stereocenters. The number of hydrogen-bond donors (Lipinski definition) is 2. The van der Waals surface area contributed by atoms with E-state index in [0.717, 1.165) is 23.6 Å². The molecule has 0 aliphatic rings. The van der Waals surface area contributed by atoms with E-state index in [9.17, 15) is 4.79 Å². The number of halogens is 1. The monoisotopic (exact) mass is 326 g/mol. The molecule has 0 radical (unpaired) electrons.